The lowest BCUT2D eigenvalue weighted by Gasteiger charge is -2.38. The Morgan fingerprint density at radius 2 is 2.00 bits per heavy atom. The summed E-state index contributed by atoms with van der Waals surface area (Å²) in [5.74, 6) is -1.15. The van der Waals surface area contributed by atoms with Crippen LogP contribution in [0.2, 0.25) is 0 Å². The fraction of sp³-hybridized carbons (Fsp3) is 0.500. The number of aromatic nitrogens is 1. The monoisotopic (exact) mass is 277 g/mol. The summed E-state index contributed by atoms with van der Waals surface area (Å²) in [5.41, 5.74) is 0.0909. The van der Waals surface area contributed by atoms with E-state index in [-0.39, 0.29) is 29.5 Å². The molecule has 1 aromatic heterocycles. The molecule has 1 aromatic rings. The van der Waals surface area contributed by atoms with Gasteiger partial charge in [-0.3, -0.25) is 0 Å². The minimum atomic E-state index is -1.15. The van der Waals surface area contributed by atoms with Crippen molar-refractivity contribution in [2.45, 2.75) is 45.2 Å². The average Bonchev–Trinajstić information content (AvgIpc) is 2.38. The van der Waals surface area contributed by atoms with Gasteiger partial charge in [-0.05, 0) is 45.2 Å². The van der Waals surface area contributed by atoms with Crippen molar-refractivity contribution in [2.24, 2.45) is 0 Å². The second-order valence-corrected chi connectivity index (χ2v) is 5.17. The first-order chi connectivity index (χ1) is 9.50. The molecule has 2 amide bonds. The molecule has 1 fully saturated rings. The number of hydrogen-bond acceptors (Lipinski definition) is 3. The molecular formula is C14H19N3O3. The fourth-order valence-corrected chi connectivity index (χ4v) is 2.68. The lowest BCUT2D eigenvalue weighted by atomic mass is 9.98. The highest BCUT2D eigenvalue weighted by molar-refractivity contribution is 5.98. The van der Waals surface area contributed by atoms with E-state index in [4.69, 9.17) is 5.11 Å². The first-order valence-corrected chi connectivity index (χ1v) is 6.78. The predicted molar refractivity (Wildman–Crippen MR) is 74.8 cm³/mol. The Morgan fingerprint density at radius 3 is 2.60 bits per heavy atom. The van der Waals surface area contributed by atoms with E-state index in [0.29, 0.717) is 0 Å². The number of aromatic carboxylic acids is 1. The van der Waals surface area contributed by atoms with E-state index in [9.17, 15) is 9.59 Å². The molecule has 1 aliphatic rings. The molecule has 0 aliphatic carbocycles. The highest BCUT2D eigenvalue weighted by atomic mass is 16.4. The zero-order valence-corrected chi connectivity index (χ0v) is 11.7. The standard InChI is InChI=1S/C14H19N3O3/c1-9-5-3-6-10(2)17(9)14(20)16-11-7-4-8-15-12(11)13(18)19/h4,7-10H,3,5-6H2,1-2H3,(H,16,20)(H,18,19). The molecule has 2 heterocycles. The molecule has 0 radical (unpaired) electrons. The Balaban J connectivity index is 2.17. The number of carboxylic acids is 1. The summed E-state index contributed by atoms with van der Waals surface area (Å²) in [4.78, 5) is 29.0. The number of nitrogens with one attached hydrogen (secondary N) is 1. The molecule has 2 atom stereocenters. The van der Waals surface area contributed by atoms with Crippen molar-refractivity contribution >= 4 is 17.7 Å². The van der Waals surface area contributed by atoms with Crippen LogP contribution in [-0.4, -0.2) is 39.1 Å². The molecule has 2 unspecified atom stereocenters. The quantitative estimate of drug-likeness (QED) is 0.870. The molecule has 1 aliphatic heterocycles. The van der Waals surface area contributed by atoms with Gasteiger partial charge in [0.2, 0.25) is 0 Å². The van der Waals surface area contributed by atoms with Crippen molar-refractivity contribution in [1.82, 2.24) is 9.88 Å². The van der Waals surface area contributed by atoms with Crippen LogP contribution in [0.5, 0.6) is 0 Å². The van der Waals surface area contributed by atoms with Crippen molar-refractivity contribution in [3.63, 3.8) is 0 Å². The van der Waals surface area contributed by atoms with Crippen molar-refractivity contribution in [2.75, 3.05) is 5.32 Å². The third kappa shape index (κ3) is 2.89. The van der Waals surface area contributed by atoms with Crippen LogP contribution in [0.1, 0.15) is 43.6 Å². The molecular weight excluding hydrogens is 258 g/mol. The SMILES string of the molecule is CC1CCCC(C)N1C(=O)Nc1cccnc1C(=O)O. The molecule has 20 heavy (non-hydrogen) atoms. The van der Waals surface area contributed by atoms with Crippen LogP contribution in [0, 0.1) is 0 Å². The van der Waals surface area contributed by atoms with E-state index in [1.807, 2.05) is 13.8 Å². The van der Waals surface area contributed by atoms with E-state index >= 15 is 0 Å². The molecule has 6 heteroatoms. The van der Waals surface area contributed by atoms with E-state index < -0.39 is 5.97 Å². The summed E-state index contributed by atoms with van der Waals surface area (Å²) in [6, 6.07) is 3.20. The summed E-state index contributed by atoms with van der Waals surface area (Å²) < 4.78 is 0. The van der Waals surface area contributed by atoms with E-state index in [1.54, 1.807) is 17.0 Å². The van der Waals surface area contributed by atoms with E-state index in [2.05, 4.69) is 10.3 Å². The maximum absolute atomic E-state index is 12.4. The normalized spacial score (nSPS) is 22.4. The Hall–Kier alpha value is -2.11. The summed E-state index contributed by atoms with van der Waals surface area (Å²) >= 11 is 0. The van der Waals surface area contributed by atoms with Gasteiger partial charge in [-0.1, -0.05) is 0 Å². The Kier molecular flexibility index (Phi) is 4.22. The molecule has 6 nitrogen and oxygen atoms in total. The number of urea groups is 1. The Bertz CT molecular complexity index is 508. The molecule has 0 spiro atoms. The topological polar surface area (TPSA) is 82.5 Å². The van der Waals surface area contributed by atoms with E-state index in [0.717, 1.165) is 19.3 Å². The van der Waals surface area contributed by atoms with Gasteiger partial charge >= 0.3 is 12.0 Å². The van der Waals surface area contributed by atoms with Gasteiger partial charge in [0.1, 0.15) is 0 Å². The number of piperidine rings is 1. The van der Waals surface area contributed by atoms with Gasteiger partial charge in [0.05, 0.1) is 5.69 Å². The molecule has 2 N–H and O–H groups in total. The third-order valence-corrected chi connectivity index (χ3v) is 3.68. The van der Waals surface area contributed by atoms with Gasteiger partial charge < -0.3 is 15.3 Å². The van der Waals surface area contributed by atoms with Crippen LogP contribution in [0.25, 0.3) is 0 Å². The number of amides is 2. The first kappa shape index (κ1) is 14.3. The number of hydrogen-bond donors (Lipinski definition) is 2. The average molecular weight is 277 g/mol. The molecule has 0 saturated carbocycles. The van der Waals surface area contributed by atoms with Crippen molar-refractivity contribution < 1.29 is 14.7 Å². The number of carbonyl (C=O) groups is 2. The van der Waals surface area contributed by atoms with Crippen LogP contribution in [-0.2, 0) is 0 Å². The van der Waals surface area contributed by atoms with Gasteiger partial charge in [0, 0.05) is 18.3 Å². The zero-order valence-electron chi connectivity index (χ0n) is 11.7. The van der Waals surface area contributed by atoms with E-state index in [1.165, 1.54) is 6.20 Å². The van der Waals surface area contributed by atoms with Gasteiger partial charge in [-0.25, -0.2) is 14.6 Å². The van der Waals surface area contributed by atoms with Crippen LogP contribution in [0.15, 0.2) is 18.3 Å². The minimum Gasteiger partial charge on any atom is -0.476 e. The van der Waals surface area contributed by atoms with Crippen LogP contribution < -0.4 is 5.32 Å². The second-order valence-electron chi connectivity index (χ2n) is 5.17. The zero-order chi connectivity index (χ0) is 14.7. The molecule has 1 saturated heterocycles. The van der Waals surface area contributed by atoms with Gasteiger partial charge in [-0.2, -0.15) is 0 Å². The number of nitrogens with zero attached hydrogens (tertiary/aromatic N) is 2. The minimum absolute atomic E-state index is 0.141. The number of likely N-dealkylation sites (tertiary alicyclic amines) is 1. The summed E-state index contributed by atoms with van der Waals surface area (Å²) in [6.07, 6.45) is 4.44. The first-order valence-electron chi connectivity index (χ1n) is 6.78. The molecule has 0 aromatic carbocycles. The number of rotatable bonds is 2. The predicted octanol–water partition coefficient (Wildman–Crippen LogP) is 2.57. The van der Waals surface area contributed by atoms with Gasteiger partial charge in [0.15, 0.2) is 5.69 Å². The summed E-state index contributed by atoms with van der Waals surface area (Å²) in [7, 11) is 0. The summed E-state index contributed by atoms with van der Waals surface area (Å²) in [6.45, 7) is 4.02. The maximum atomic E-state index is 12.4. The van der Waals surface area contributed by atoms with Crippen molar-refractivity contribution in [3.05, 3.63) is 24.0 Å². The van der Waals surface area contributed by atoms with Gasteiger partial charge in [0.25, 0.3) is 0 Å². The van der Waals surface area contributed by atoms with Crippen molar-refractivity contribution in [1.29, 1.82) is 0 Å². The lowest BCUT2D eigenvalue weighted by Crippen LogP contribution is -2.49. The summed E-state index contributed by atoms with van der Waals surface area (Å²) in [5, 5.41) is 11.7. The maximum Gasteiger partial charge on any atom is 0.356 e. The molecule has 0 bridgehead atoms. The number of carbonyl (C=O) groups excluding carboxylic acids is 1. The fourth-order valence-electron chi connectivity index (χ4n) is 2.68. The number of pyridine rings is 1. The Morgan fingerprint density at radius 1 is 1.35 bits per heavy atom. The molecule has 108 valence electrons. The lowest BCUT2D eigenvalue weighted by molar-refractivity contribution is 0.0691. The van der Waals surface area contributed by atoms with Crippen molar-refractivity contribution in [3.8, 4) is 0 Å². The van der Waals surface area contributed by atoms with Crippen LogP contribution in [0.4, 0.5) is 10.5 Å². The van der Waals surface area contributed by atoms with Crippen LogP contribution in [0.3, 0.4) is 0 Å². The third-order valence-electron chi connectivity index (χ3n) is 3.68. The highest BCUT2D eigenvalue weighted by Gasteiger charge is 2.29. The van der Waals surface area contributed by atoms with Crippen LogP contribution >= 0.6 is 0 Å². The number of anilines is 1. The molecule has 2 rings (SSSR count). The van der Waals surface area contributed by atoms with Gasteiger partial charge in [-0.15, -0.1) is 0 Å². The number of carboxylic acid groups (broad SMARTS) is 1. The Labute approximate surface area is 117 Å². The smallest absolute Gasteiger partial charge is 0.356 e. The second kappa shape index (κ2) is 5.90. The highest BCUT2D eigenvalue weighted by Crippen LogP contribution is 2.24. The largest absolute Gasteiger partial charge is 0.476 e.